The number of aryl methyl sites for hydroxylation is 4. The molecule has 2 rings (SSSR count). The largest absolute Gasteiger partial charge is 0.383 e. The van der Waals surface area contributed by atoms with Crippen LogP contribution in [-0.4, -0.2) is 9.97 Å². The van der Waals surface area contributed by atoms with Gasteiger partial charge in [0.25, 0.3) is 0 Å². The Morgan fingerprint density at radius 3 is 2.06 bits per heavy atom. The van der Waals surface area contributed by atoms with Crippen molar-refractivity contribution in [3.8, 4) is 11.4 Å². The molecule has 3 heteroatoms. The average Bonchev–Trinajstić information content (AvgIpc) is 2.30. The van der Waals surface area contributed by atoms with Crippen molar-refractivity contribution in [2.45, 2.75) is 34.6 Å². The number of hydrogen-bond donors (Lipinski definition) is 1. The molecule has 0 saturated heterocycles. The summed E-state index contributed by atoms with van der Waals surface area (Å²) in [5, 5.41) is 0. The zero-order chi connectivity index (χ0) is 13.4. The summed E-state index contributed by atoms with van der Waals surface area (Å²) in [5.41, 5.74) is 12.6. The van der Waals surface area contributed by atoms with Crippen LogP contribution in [0.15, 0.2) is 12.1 Å². The summed E-state index contributed by atoms with van der Waals surface area (Å²) in [6.45, 7) is 10.2. The summed E-state index contributed by atoms with van der Waals surface area (Å²) < 4.78 is 0. The number of aromatic nitrogens is 2. The predicted octanol–water partition coefficient (Wildman–Crippen LogP) is 3.27. The average molecular weight is 241 g/mol. The van der Waals surface area contributed by atoms with Gasteiger partial charge < -0.3 is 5.73 Å². The number of nitrogen functional groups attached to an aromatic ring is 1. The molecule has 0 aliphatic heterocycles. The van der Waals surface area contributed by atoms with Gasteiger partial charge in [-0.3, -0.25) is 0 Å². The fraction of sp³-hybridized carbons (Fsp3) is 0.333. The first kappa shape index (κ1) is 12.6. The van der Waals surface area contributed by atoms with Crippen LogP contribution in [0, 0.1) is 34.6 Å². The van der Waals surface area contributed by atoms with Crippen molar-refractivity contribution in [1.29, 1.82) is 0 Å². The third-order valence-electron chi connectivity index (χ3n) is 3.51. The second-order valence-electron chi connectivity index (χ2n) is 4.89. The molecule has 1 aromatic carbocycles. The molecule has 0 bridgehead atoms. The van der Waals surface area contributed by atoms with Gasteiger partial charge >= 0.3 is 0 Å². The Hall–Kier alpha value is -1.90. The van der Waals surface area contributed by atoms with Gasteiger partial charge in [0.05, 0.1) is 0 Å². The number of benzene rings is 1. The van der Waals surface area contributed by atoms with Gasteiger partial charge in [-0.1, -0.05) is 6.07 Å². The molecule has 1 aromatic heterocycles. The molecule has 1 heterocycles. The first-order valence-electron chi connectivity index (χ1n) is 6.09. The number of anilines is 1. The minimum atomic E-state index is 0.565. The lowest BCUT2D eigenvalue weighted by atomic mass is 10.00. The van der Waals surface area contributed by atoms with E-state index < -0.39 is 0 Å². The first-order chi connectivity index (χ1) is 8.40. The molecule has 0 aliphatic carbocycles. The third-order valence-corrected chi connectivity index (χ3v) is 3.51. The van der Waals surface area contributed by atoms with Crippen LogP contribution in [0.1, 0.15) is 27.9 Å². The first-order valence-corrected chi connectivity index (χ1v) is 6.09. The van der Waals surface area contributed by atoms with E-state index in [-0.39, 0.29) is 0 Å². The van der Waals surface area contributed by atoms with Crippen LogP contribution in [0.25, 0.3) is 11.4 Å². The molecule has 3 nitrogen and oxygen atoms in total. The Labute approximate surface area is 108 Å². The van der Waals surface area contributed by atoms with Crippen LogP contribution in [0.3, 0.4) is 0 Å². The molecule has 2 aromatic rings. The summed E-state index contributed by atoms with van der Waals surface area (Å²) in [6, 6.07) is 4.30. The van der Waals surface area contributed by atoms with Crippen LogP contribution in [0.2, 0.25) is 0 Å². The van der Waals surface area contributed by atoms with Crippen molar-refractivity contribution in [3.05, 3.63) is 40.1 Å². The Morgan fingerprint density at radius 1 is 0.833 bits per heavy atom. The number of nitrogens with two attached hydrogens (primary N) is 1. The second-order valence-corrected chi connectivity index (χ2v) is 4.89. The molecular formula is C15H19N3. The maximum absolute atomic E-state index is 5.93. The zero-order valence-electron chi connectivity index (χ0n) is 11.6. The third kappa shape index (κ3) is 2.08. The monoisotopic (exact) mass is 241 g/mol. The van der Waals surface area contributed by atoms with Crippen molar-refractivity contribution < 1.29 is 0 Å². The Balaban J connectivity index is 2.66. The summed E-state index contributed by atoms with van der Waals surface area (Å²) in [5.74, 6) is 1.28. The highest BCUT2D eigenvalue weighted by Gasteiger charge is 2.10. The Bertz CT molecular complexity index is 592. The molecule has 0 unspecified atom stereocenters. The van der Waals surface area contributed by atoms with E-state index in [1.165, 1.54) is 16.7 Å². The maximum atomic E-state index is 5.93. The van der Waals surface area contributed by atoms with Gasteiger partial charge in [0.15, 0.2) is 5.82 Å². The van der Waals surface area contributed by atoms with Gasteiger partial charge in [-0.15, -0.1) is 0 Å². The van der Waals surface area contributed by atoms with Crippen molar-refractivity contribution in [1.82, 2.24) is 9.97 Å². The summed E-state index contributed by atoms with van der Waals surface area (Å²) in [4.78, 5) is 8.95. The molecule has 0 saturated carbocycles. The van der Waals surface area contributed by atoms with E-state index in [0.29, 0.717) is 5.82 Å². The van der Waals surface area contributed by atoms with Gasteiger partial charge in [-0.25, -0.2) is 9.97 Å². The van der Waals surface area contributed by atoms with Crippen molar-refractivity contribution in [3.63, 3.8) is 0 Å². The second kappa shape index (κ2) is 4.41. The summed E-state index contributed by atoms with van der Waals surface area (Å²) >= 11 is 0. The quantitative estimate of drug-likeness (QED) is 0.833. The van der Waals surface area contributed by atoms with Crippen LogP contribution >= 0.6 is 0 Å². The fourth-order valence-corrected chi connectivity index (χ4v) is 1.97. The van der Waals surface area contributed by atoms with Crippen LogP contribution in [0.4, 0.5) is 5.82 Å². The standard InChI is InChI=1S/C15H19N3/c1-8-6-10(3)13(7-9(8)2)15-17-12(5)11(4)14(16)18-15/h6-7H,1-5H3,(H2,16,17,18). The Kier molecular flexibility index (Phi) is 3.07. The van der Waals surface area contributed by atoms with E-state index in [2.05, 4.69) is 42.9 Å². The molecular weight excluding hydrogens is 222 g/mol. The number of rotatable bonds is 1. The minimum absolute atomic E-state index is 0.565. The molecule has 0 spiro atoms. The van der Waals surface area contributed by atoms with E-state index in [9.17, 15) is 0 Å². The molecule has 94 valence electrons. The summed E-state index contributed by atoms with van der Waals surface area (Å²) in [7, 11) is 0. The van der Waals surface area contributed by atoms with Gasteiger partial charge in [-0.2, -0.15) is 0 Å². The van der Waals surface area contributed by atoms with Crippen molar-refractivity contribution in [2.75, 3.05) is 5.73 Å². The highest BCUT2D eigenvalue weighted by Crippen LogP contribution is 2.25. The van der Waals surface area contributed by atoms with Gasteiger partial charge in [0.2, 0.25) is 0 Å². The number of hydrogen-bond acceptors (Lipinski definition) is 3. The highest BCUT2D eigenvalue weighted by atomic mass is 15.0. The highest BCUT2D eigenvalue weighted by molar-refractivity contribution is 5.64. The molecule has 0 radical (unpaired) electrons. The van der Waals surface area contributed by atoms with E-state index >= 15 is 0 Å². The lowest BCUT2D eigenvalue weighted by Crippen LogP contribution is -2.03. The normalized spacial score (nSPS) is 10.7. The van der Waals surface area contributed by atoms with Gasteiger partial charge in [0, 0.05) is 16.8 Å². The molecule has 0 fully saturated rings. The fourth-order valence-electron chi connectivity index (χ4n) is 1.97. The van der Waals surface area contributed by atoms with E-state index in [0.717, 1.165) is 22.6 Å². The molecule has 0 atom stereocenters. The molecule has 2 N–H and O–H groups in total. The van der Waals surface area contributed by atoms with Crippen LogP contribution in [-0.2, 0) is 0 Å². The lowest BCUT2D eigenvalue weighted by Gasteiger charge is -2.11. The predicted molar refractivity (Wildman–Crippen MR) is 75.6 cm³/mol. The van der Waals surface area contributed by atoms with Crippen LogP contribution in [0.5, 0.6) is 0 Å². The zero-order valence-corrected chi connectivity index (χ0v) is 11.6. The van der Waals surface area contributed by atoms with Gasteiger partial charge in [0.1, 0.15) is 5.82 Å². The molecule has 0 aliphatic rings. The smallest absolute Gasteiger partial charge is 0.162 e. The Morgan fingerprint density at radius 2 is 1.44 bits per heavy atom. The molecule has 18 heavy (non-hydrogen) atoms. The van der Waals surface area contributed by atoms with Gasteiger partial charge in [-0.05, 0) is 57.4 Å². The number of nitrogens with zero attached hydrogens (tertiary/aromatic N) is 2. The SMILES string of the molecule is Cc1cc(C)c(-c2nc(C)c(C)c(N)n2)cc1C. The van der Waals surface area contributed by atoms with E-state index in [1.54, 1.807) is 0 Å². The summed E-state index contributed by atoms with van der Waals surface area (Å²) in [6.07, 6.45) is 0. The minimum Gasteiger partial charge on any atom is -0.383 e. The lowest BCUT2D eigenvalue weighted by molar-refractivity contribution is 1.07. The maximum Gasteiger partial charge on any atom is 0.162 e. The molecule has 0 amide bonds. The van der Waals surface area contributed by atoms with Crippen molar-refractivity contribution >= 4 is 5.82 Å². The topological polar surface area (TPSA) is 51.8 Å². The van der Waals surface area contributed by atoms with Crippen molar-refractivity contribution in [2.24, 2.45) is 0 Å². The van der Waals surface area contributed by atoms with Crippen LogP contribution < -0.4 is 5.73 Å². The van der Waals surface area contributed by atoms with E-state index in [1.807, 2.05) is 13.8 Å². The van der Waals surface area contributed by atoms with E-state index in [4.69, 9.17) is 5.73 Å².